The number of carbonyl (C=O) groups excluding carboxylic acids is 2. The third-order valence-corrected chi connectivity index (χ3v) is 5.37. The van der Waals surface area contributed by atoms with Gasteiger partial charge in [0.15, 0.2) is 0 Å². The quantitative estimate of drug-likeness (QED) is 0.0911. The van der Waals surface area contributed by atoms with E-state index < -0.39 is 11.9 Å². The van der Waals surface area contributed by atoms with Gasteiger partial charge < -0.3 is 0 Å². The largest absolute Gasteiger partial charge is 0.381 e. The van der Waals surface area contributed by atoms with Crippen LogP contribution in [0.3, 0.4) is 0 Å². The molecule has 0 aliphatic heterocycles. The fraction of sp³-hybridized carbons (Fsp3) is 0.769. The van der Waals surface area contributed by atoms with Crippen LogP contribution in [0.4, 0.5) is 0 Å². The maximum absolute atomic E-state index is 11.7. The normalized spacial score (nSPS) is 11.4. The van der Waals surface area contributed by atoms with E-state index in [2.05, 4.69) is 23.3 Å². The zero-order valence-corrected chi connectivity index (χ0v) is 19.9. The molecule has 0 aromatic rings. The molecule has 0 saturated carbocycles. The molecule has 174 valence electrons. The molecule has 0 amide bonds. The molecule has 0 saturated heterocycles. The Kier molecular flexibility index (Phi) is 19.6. The van der Waals surface area contributed by atoms with Gasteiger partial charge in [-0.2, -0.15) is 0 Å². The maximum atomic E-state index is 11.7. The van der Waals surface area contributed by atoms with Crippen molar-refractivity contribution in [2.75, 3.05) is 0 Å². The molecule has 0 unspecified atom stereocenters. The van der Waals surface area contributed by atoms with Gasteiger partial charge in [0.05, 0.1) is 0 Å². The van der Waals surface area contributed by atoms with Crippen LogP contribution in [0.25, 0.3) is 0 Å². The van der Waals surface area contributed by atoms with E-state index in [-0.39, 0.29) is 5.57 Å². The van der Waals surface area contributed by atoms with Crippen molar-refractivity contribution in [1.29, 1.82) is 0 Å². The summed E-state index contributed by atoms with van der Waals surface area (Å²) in [6.45, 7) is 8.86. The topological polar surface area (TPSA) is 52.6 Å². The molecule has 0 atom stereocenters. The van der Waals surface area contributed by atoms with Gasteiger partial charge in [-0.3, -0.25) is 0 Å². The van der Waals surface area contributed by atoms with Crippen LogP contribution in [-0.4, -0.2) is 11.9 Å². The van der Waals surface area contributed by atoms with Gasteiger partial charge >= 0.3 is 11.9 Å². The monoisotopic (exact) mass is 422 g/mol. The van der Waals surface area contributed by atoms with Gasteiger partial charge in [-0.1, -0.05) is 116 Å². The minimum Gasteiger partial charge on any atom is -0.242 e. The average Bonchev–Trinajstić information content (AvgIpc) is 2.73. The van der Waals surface area contributed by atoms with Crippen LogP contribution in [0.5, 0.6) is 0 Å². The smallest absolute Gasteiger partial charge is 0.242 e. The molecular weight excluding hydrogens is 376 g/mol. The minimum atomic E-state index is -0.728. The van der Waals surface area contributed by atoms with Crippen molar-refractivity contribution in [3.63, 3.8) is 0 Å². The Balaban J connectivity index is 3.41. The van der Waals surface area contributed by atoms with E-state index in [1.54, 1.807) is 6.92 Å². The average molecular weight is 423 g/mol. The predicted octanol–water partition coefficient (Wildman–Crippen LogP) is 8.16. The second-order valence-electron chi connectivity index (χ2n) is 8.50. The van der Waals surface area contributed by atoms with Crippen LogP contribution in [-0.2, 0) is 19.4 Å². The summed E-state index contributed by atoms with van der Waals surface area (Å²) in [5.41, 5.74) is 0.656. The van der Waals surface area contributed by atoms with Gasteiger partial charge in [0, 0.05) is 11.1 Å². The highest BCUT2D eigenvalue weighted by Gasteiger charge is 2.11. The van der Waals surface area contributed by atoms with Crippen LogP contribution in [0.15, 0.2) is 23.8 Å². The van der Waals surface area contributed by atoms with E-state index in [0.717, 1.165) is 12.8 Å². The van der Waals surface area contributed by atoms with Gasteiger partial charge in [0.2, 0.25) is 0 Å². The molecule has 30 heavy (non-hydrogen) atoms. The van der Waals surface area contributed by atoms with Crippen molar-refractivity contribution in [2.45, 2.75) is 130 Å². The number of unbranched alkanes of at least 4 members (excludes halogenated alkanes) is 16. The first-order chi connectivity index (χ1) is 14.5. The summed E-state index contributed by atoms with van der Waals surface area (Å²) in [7, 11) is 0. The maximum Gasteiger partial charge on any atom is 0.381 e. The fourth-order valence-electron chi connectivity index (χ4n) is 3.31. The van der Waals surface area contributed by atoms with E-state index in [1.807, 2.05) is 6.08 Å². The molecule has 0 fully saturated rings. The molecule has 0 heterocycles. The Morgan fingerprint density at radius 3 is 1.40 bits per heavy atom. The second kappa shape index (κ2) is 20.7. The first-order valence-corrected chi connectivity index (χ1v) is 12.2. The summed E-state index contributed by atoms with van der Waals surface area (Å²) in [6.07, 6.45) is 24.3. The molecule has 0 aliphatic rings. The van der Waals surface area contributed by atoms with E-state index in [1.165, 1.54) is 103 Å². The van der Waals surface area contributed by atoms with Gasteiger partial charge in [0.25, 0.3) is 0 Å². The fourth-order valence-corrected chi connectivity index (χ4v) is 3.31. The Hall–Kier alpha value is -1.58. The predicted molar refractivity (Wildman–Crippen MR) is 125 cm³/mol. The van der Waals surface area contributed by atoms with Crippen molar-refractivity contribution < 1.29 is 19.4 Å². The molecule has 4 heteroatoms. The van der Waals surface area contributed by atoms with Gasteiger partial charge in [-0.25, -0.2) is 19.4 Å². The number of hydrogen-bond acceptors (Lipinski definition) is 4. The molecule has 0 aliphatic carbocycles. The molecule has 4 nitrogen and oxygen atoms in total. The first-order valence-electron chi connectivity index (χ1n) is 12.2. The Morgan fingerprint density at radius 2 is 1.00 bits per heavy atom. The Bertz CT molecular complexity index is 493. The van der Waals surface area contributed by atoms with Gasteiger partial charge in [-0.15, -0.1) is 0 Å². The highest BCUT2D eigenvalue weighted by Crippen LogP contribution is 2.14. The molecule has 0 spiro atoms. The first kappa shape index (κ1) is 28.4. The van der Waals surface area contributed by atoms with Gasteiger partial charge in [-0.05, 0) is 26.7 Å². The van der Waals surface area contributed by atoms with Crippen molar-refractivity contribution >= 4 is 11.9 Å². The zero-order chi connectivity index (χ0) is 22.5. The summed E-state index contributed by atoms with van der Waals surface area (Å²) < 4.78 is 0. The third kappa shape index (κ3) is 18.4. The SMILES string of the molecule is C=C(C)C(=O)OOC(=O)/C(C)=C/CCCCCCCCCCCCCCCCCC. The number of carbonyl (C=O) groups is 2. The standard InChI is InChI=1S/C26H46O4/c1-5-6-7-8-9-10-11-12-13-14-15-16-17-18-19-20-21-22-24(4)26(28)30-29-25(27)23(2)3/h22H,2,5-21H2,1,3-4H3/b24-22+. The van der Waals surface area contributed by atoms with Gasteiger partial charge in [0.1, 0.15) is 0 Å². The lowest BCUT2D eigenvalue weighted by Gasteiger charge is -2.04. The lowest BCUT2D eigenvalue weighted by molar-refractivity contribution is -0.252. The van der Waals surface area contributed by atoms with E-state index >= 15 is 0 Å². The van der Waals surface area contributed by atoms with Crippen LogP contribution in [0.1, 0.15) is 130 Å². The van der Waals surface area contributed by atoms with Crippen LogP contribution < -0.4 is 0 Å². The van der Waals surface area contributed by atoms with Crippen molar-refractivity contribution in [2.24, 2.45) is 0 Å². The lowest BCUT2D eigenvalue weighted by Crippen LogP contribution is -2.12. The summed E-state index contributed by atoms with van der Waals surface area (Å²) in [5, 5.41) is 0. The Morgan fingerprint density at radius 1 is 0.633 bits per heavy atom. The van der Waals surface area contributed by atoms with Crippen molar-refractivity contribution in [3.05, 3.63) is 23.8 Å². The summed E-state index contributed by atoms with van der Waals surface area (Å²) in [4.78, 5) is 31.7. The summed E-state index contributed by atoms with van der Waals surface area (Å²) >= 11 is 0. The van der Waals surface area contributed by atoms with Crippen LogP contribution >= 0.6 is 0 Å². The lowest BCUT2D eigenvalue weighted by atomic mass is 10.0. The molecule has 0 aromatic carbocycles. The highest BCUT2D eigenvalue weighted by molar-refractivity contribution is 5.90. The van der Waals surface area contributed by atoms with E-state index in [9.17, 15) is 9.59 Å². The third-order valence-electron chi connectivity index (χ3n) is 5.37. The summed E-state index contributed by atoms with van der Waals surface area (Å²) in [6, 6.07) is 0. The molecule has 0 radical (unpaired) electrons. The number of rotatable bonds is 19. The van der Waals surface area contributed by atoms with Crippen LogP contribution in [0.2, 0.25) is 0 Å². The van der Waals surface area contributed by atoms with Crippen molar-refractivity contribution in [3.8, 4) is 0 Å². The molecule has 0 aromatic heterocycles. The summed E-state index contributed by atoms with van der Waals surface area (Å²) in [5.74, 6) is -1.35. The highest BCUT2D eigenvalue weighted by atomic mass is 17.2. The molecule has 0 bridgehead atoms. The molecule has 0 N–H and O–H groups in total. The second-order valence-corrected chi connectivity index (χ2v) is 8.50. The molecular formula is C26H46O4. The minimum absolute atomic E-state index is 0.192. The Labute approximate surface area is 185 Å². The number of allylic oxidation sites excluding steroid dienone is 1. The van der Waals surface area contributed by atoms with E-state index in [4.69, 9.17) is 0 Å². The van der Waals surface area contributed by atoms with E-state index in [0.29, 0.717) is 5.57 Å². The number of hydrogen-bond donors (Lipinski definition) is 0. The van der Waals surface area contributed by atoms with Crippen LogP contribution in [0, 0.1) is 0 Å². The van der Waals surface area contributed by atoms with Crippen molar-refractivity contribution in [1.82, 2.24) is 0 Å². The molecule has 0 rings (SSSR count). The zero-order valence-electron chi connectivity index (χ0n) is 19.9.